The molecule has 2 aromatic carbocycles. The lowest BCUT2D eigenvalue weighted by molar-refractivity contribution is 0.933. The Kier molecular flexibility index (Phi) is 5.52. The second-order valence-electron chi connectivity index (χ2n) is 4.41. The summed E-state index contributed by atoms with van der Waals surface area (Å²) in [5.74, 6) is 2.06. The van der Waals surface area contributed by atoms with Crippen molar-refractivity contribution in [1.82, 2.24) is 0 Å². The van der Waals surface area contributed by atoms with Crippen molar-refractivity contribution in [2.45, 2.75) is 18.6 Å². The summed E-state index contributed by atoms with van der Waals surface area (Å²) in [6.07, 6.45) is 2.32. The van der Waals surface area contributed by atoms with E-state index in [1.54, 1.807) is 0 Å². The zero-order valence-electron chi connectivity index (χ0n) is 10.9. The smallest absolute Gasteiger partial charge is 0.0994 e. The summed E-state index contributed by atoms with van der Waals surface area (Å²) in [4.78, 5) is 0. The van der Waals surface area contributed by atoms with E-state index in [0.29, 0.717) is 0 Å². The van der Waals surface area contributed by atoms with Crippen LogP contribution < -0.4 is 0 Å². The summed E-state index contributed by atoms with van der Waals surface area (Å²) in [6, 6.07) is 20.7. The molecule has 0 aliphatic carbocycles. The van der Waals surface area contributed by atoms with Gasteiger partial charge in [-0.25, -0.2) is 0 Å². The van der Waals surface area contributed by atoms with Gasteiger partial charge in [-0.1, -0.05) is 48.5 Å². The van der Waals surface area contributed by atoms with Gasteiger partial charge in [0.05, 0.1) is 11.6 Å². The highest BCUT2D eigenvalue weighted by atomic mass is 32.2. The number of hydrogen-bond donors (Lipinski definition) is 0. The van der Waals surface area contributed by atoms with Crippen LogP contribution in [-0.4, -0.2) is 5.75 Å². The molecule has 0 fully saturated rings. The Balaban J connectivity index is 1.71. The van der Waals surface area contributed by atoms with Crippen LogP contribution in [0.3, 0.4) is 0 Å². The summed E-state index contributed by atoms with van der Waals surface area (Å²) in [7, 11) is 0. The minimum Gasteiger partial charge on any atom is -0.192 e. The molecule has 0 saturated heterocycles. The molecule has 96 valence electrons. The van der Waals surface area contributed by atoms with E-state index in [2.05, 4.69) is 36.4 Å². The maximum Gasteiger partial charge on any atom is 0.0994 e. The van der Waals surface area contributed by atoms with Crippen molar-refractivity contribution in [1.29, 1.82) is 5.26 Å². The van der Waals surface area contributed by atoms with E-state index in [1.165, 1.54) is 12.0 Å². The Morgan fingerprint density at radius 2 is 1.68 bits per heavy atom. The number of benzene rings is 2. The van der Waals surface area contributed by atoms with Crippen LogP contribution in [0.1, 0.15) is 23.1 Å². The van der Waals surface area contributed by atoms with Gasteiger partial charge in [-0.2, -0.15) is 17.0 Å². The fourth-order valence-electron chi connectivity index (χ4n) is 1.96. The Hall–Kier alpha value is -1.72. The number of thioether (sulfide) groups is 1. The lowest BCUT2D eigenvalue weighted by Gasteiger charge is -2.04. The first-order chi connectivity index (χ1) is 9.40. The zero-order valence-corrected chi connectivity index (χ0v) is 11.7. The molecule has 0 bridgehead atoms. The number of nitrogens with zero attached hydrogens (tertiary/aromatic N) is 1. The maximum atomic E-state index is 9.01. The molecule has 0 spiro atoms. The van der Waals surface area contributed by atoms with Gasteiger partial charge in [-0.3, -0.25) is 0 Å². The van der Waals surface area contributed by atoms with Crippen LogP contribution in [0.15, 0.2) is 54.6 Å². The molecule has 0 aliphatic rings. The minimum atomic E-state index is 0.804. The number of rotatable bonds is 6. The number of aryl methyl sites for hydroxylation is 1. The number of nitriles is 1. The highest BCUT2D eigenvalue weighted by Crippen LogP contribution is 2.17. The summed E-state index contributed by atoms with van der Waals surface area (Å²) in [6.45, 7) is 0. The quantitative estimate of drug-likeness (QED) is 0.723. The van der Waals surface area contributed by atoms with Crippen LogP contribution in [0.25, 0.3) is 0 Å². The molecular weight excluding hydrogens is 250 g/mol. The standard InChI is InChI=1S/C17H17NS/c18-13-16-10-4-5-11-17(16)14-19-12-6-9-15-7-2-1-3-8-15/h1-5,7-8,10-11H,6,9,12,14H2. The molecule has 2 heteroatoms. The summed E-state index contributed by atoms with van der Waals surface area (Å²) in [5, 5.41) is 9.01. The molecule has 0 amide bonds. The SMILES string of the molecule is N#Cc1ccccc1CSCCCc1ccccc1. The van der Waals surface area contributed by atoms with Gasteiger partial charge in [-0.15, -0.1) is 0 Å². The van der Waals surface area contributed by atoms with Gasteiger partial charge in [0.25, 0.3) is 0 Å². The topological polar surface area (TPSA) is 23.8 Å². The number of hydrogen-bond acceptors (Lipinski definition) is 2. The molecule has 19 heavy (non-hydrogen) atoms. The van der Waals surface area contributed by atoms with E-state index in [4.69, 9.17) is 5.26 Å². The second-order valence-corrected chi connectivity index (χ2v) is 5.52. The van der Waals surface area contributed by atoms with Gasteiger partial charge in [0.2, 0.25) is 0 Å². The average Bonchev–Trinajstić information content (AvgIpc) is 2.48. The Bertz CT molecular complexity index is 543. The third-order valence-electron chi connectivity index (χ3n) is 2.99. The Morgan fingerprint density at radius 3 is 2.47 bits per heavy atom. The van der Waals surface area contributed by atoms with Crippen molar-refractivity contribution in [3.63, 3.8) is 0 Å². The van der Waals surface area contributed by atoms with E-state index >= 15 is 0 Å². The monoisotopic (exact) mass is 267 g/mol. The van der Waals surface area contributed by atoms with E-state index in [0.717, 1.165) is 29.1 Å². The predicted molar refractivity (Wildman–Crippen MR) is 82.1 cm³/mol. The fourth-order valence-corrected chi connectivity index (χ4v) is 2.92. The highest BCUT2D eigenvalue weighted by molar-refractivity contribution is 7.98. The molecule has 0 atom stereocenters. The lowest BCUT2D eigenvalue weighted by Crippen LogP contribution is -1.90. The van der Waals surface area contributed by atoms with Crippen molar-refractivity contribution in [3.05, 3.63) is 71.3 Å². The fraction of sp³-hybridized carbons (Fsp3) is 0.235. The van der Waals surface area contributed by atoms with Gasteiger partial charge in [0, 0.05) is 5.75 Å². The summed E-state index contributed by atoms with van der Waals surface area (Å²) >= 11 is 1.90. The van der Waals surface area contributed by atoms with Crippen LogP contribution in [0.5, 0.6) is 0 Å². The van der Waals surface area contributed by atoms with Crippen LogP contribution in [0.2, 0.25) is 0 Å². The first kappa shape index (κ1) is 13.7. The van der Waals surface area contributed by atoms with Crippen LogP contribution in [-0.2, 0) is 12.2 Å². The molecule has 2 aromatic rings. The van der Waals surface area contributed by atoms with E-state index in [9.17, 15) is 0 Å². The third kappa shape index (κ3) is 4.46. The largest absolute Gasteiger partial charge is 0.192 e. The predicted octanol–water partition coefficient (Wildman–Crippen LogP) is 4.42. The molecule has 0 unspecified atom stereocenters. The van der Waals surface area contributed by atoms with Gasteiger partial charge in [-0.05, 0) is 35.8 Å². The van der Waals surface area contributed by atoms with Crippen LogP contribution in [0.4, 0.5) is 0 Å². The van der Waals surface area contributed by atoms with Gasteiger partial charge in [0.1, 0.15) is 0 Å². The summed E-state index contributed by atoms with van der Waals surface area (Å²) < 4.78 is 0. The lowest BCUT2D eigenvalue weighted by atomic mass is 10.1. The van der Waals surface area contributed by atoms with E-state index in [-0.39, 0.29) is 0 Å². The molecule has 2 rings (SSSR count). The van der Waals surface area contributed by atoms with Crippen molar-refractivity contribution < 1.29 is 0 Å². The maximum absolute atomic E-state index is 9.01. The molecular formula is C17H17NS. The molecule has 0 heterocycles. The zero-order chi connectivity index (χ0) is 13.3. The normalized spacial score (nSPS) is 10.1. The molecule has 0 saturated carbocycles. The van der Waals surface area contributed by atoms with Crippen molar-refractivity contribution in [3.8, 4) is 6.07 Å². The molecule has 0 N–H and O–H groups in total. The van der Waals surface area contributed by atoms with Crippen molar-refractivity contribution >= 4 is 11.8 Å². The average molecular weight is 267 g/mol. The third-order valence-corrected chi connectivity index (χ3v) is 4.08. The van der Waals surface area contributed by atoms with E-state index in [1.807, 2.05) is 36.0 Å². The molecule has 0 aromatic heterocycles. The Labute approximate surface area is 119 Å². The molecule has 0 radical (unpaired) electrons. The van der Waals surface area contributed by atoms with Gasteiger partial charge in [0.15, 0.2) is 0 Å². The highest BCUT2D eigenvalue weighted by Gasteiger charge is 2.00. The van der Waals surface area contributed by atoms with Crippen LogP contribution in [0, 0.1) is 11.3 Å². The molecule has 0 aliphatic heterocycles. The molecule has 1 nitrogen and oxygen atoms in total. The Morgan fingerprint density at radius 1 is 0.947 bits per heavy atom. The van der Waals surface area contributed by atoms with E-state index < -0.39 is 0 Å². The van der Waals surface area contributed by atoms with Gasteiger partial charge < -0.3 is 0 Å². The second kappa shape index (κ2) is 7.66. The first-order valence-electron chi connectivity index (χ1n) is 6.50. The van der Waals surface area contributed by atoms with Crippen molar-refractivity contribution in [2.24, 2.45) is 0 Å². The first-order valence-corrected chi connectivity index (χ1v) is 7.65. The van der Waals surface area contributed by atoms with Crippen molar-refractivity contribution in [2.75, 3.05) is 5.75 Å². The minimum absolute atomic E-state index is 0.804. The van der Waals surface area contributed by atoms with Gasteiger partial charge >= 0.3 is 0 Å². The van der Waals surface area contributed by atoms with Crippen LogP contribution >= 0.6 is 11.8 Å². The summed E-state index contributed by atoms with van der Waals surface area (Å²) in [5.41, 5.74) is 3.35.